The number of amides is 1. The zero-order valence-corrected chi connectivity index (χ0v) is 13.6. The van der Waals surface area contributed by atoms with Gasteiger partial charge in [-0.05, 0) is 23.6 Å². The van der Waals surface area contributed by atoms with Gasteiger partial charge in [-0.15, -0.1) is 16.4 Å². The highest BCUT2D eigenvalue weighted by Crippen LogP contribution is 2.24. The van der Waals surface area contributed by atoms with Gasteiger partial charge in [0.05, 0.1) is 17.1 Å². The van der Waals surface area contributed by atoms with E-state index in [0.717, 1.165) is 17.0 Å². The van der Waals surface area contributed by atoms with Gasteiger partial charge in [0, 0.05) is 25.2 Å². The second-order valence-corrected chi connectivity index (χ2v) is 6.43. The molecule has 122 valence electrons. The van der Waals surface area contributed by atoms with Gasteiger partial charge < -0.3 is 9.64 Å². The standard InChI is InChI=1S/C16H15N5O2S/c22-16(13-9-12(18-19-13)14-3-2-8-24-14)21-7-5-11(10-21)23-15-4-1-6-17-20-15/h1-4,6,8-9,11H,5,7,10H2,(H,18,19). The Labute approximate surface area is 142 Å². The number of aromatic nitrogens is 4. The Morgan fingerprint density at radius 1 is 1.38 bits per heavy atom. The van der Waals surface area contributed by atoms with E-state index in [1.54, 1.807) is 40.6 Å². The highest BCUT2D eigenvalue weighted by Gasteiger charge is 2.29. The van der Waals surface area contributed by atoms with Crippen LogP contribution in [0, 0.1) is 0 Å². The van der Waals surface area contributed by atoms with Gasteiger partial charge in [0.25, 0.3) is 5.91 Å². The smallest absolute Gasteiger partial charge is 0.274 e. The lowest BCUT2D eigenvalue weighted by atomic mass is 10.3. The third-order valence-electron chi connectivity index (χ3n) is 3.85. The van der Waals surface area contributed by atoms with Crippen LogP contribution in [0.3, 0.4) is 0 Å². The molecule has 1 aliphatic heterocycles. The molecule has 1 atom stereocenters. The first kappa shape index (κ1) is 14.8. The van der Waals surface area contributed by atoms with Crippen molar-refractivity contribution in [3.8, 4) is 16.5 Å². The van der Waals surface area contributed by atoms with Gasteiger partial charge in [-0.2, -0.15) is 10.2 Å². The van der Waals surface area contributed by atoms with Gasteiger partial charge in [0.15, 0.2) is 5.69 Å². The number of rotatable bonds is 4. The van der Waals surface area contributed by atoms with E-state index in [1.165, 1.54) is 0 Å². The van der Waals surface area contributed by atoms with Crippen molar-refractivity contribution >= 4 is 17.2 Å². The van der Waals surface area contributed by atoms with E-state index in [2.05, 4.69) is 20.4 Å². The zero-order valence-electron chi connectivity index (χ0n) is 12.8. The molecule has 0 bridgehead atoms. The monoisotopic (exact) mass is 341 g/mol. The quantitative estimate of drug-likeness (QED) is 0.786. The average Bonchev–Trinajstić information content (AvgIpc) is 3.36. The molecule has 1 aliphatic rings. The lowest BCUT2D eigenvalue weighted by Gasteiger charge is -2.15. The number of nitrogens with one attached hydrogen (secondary N) is 1. The SMILES string of the molecule is O=C(c1cc(-c2cccs2)[nH]n1)N1CCC(Oc2cccnn2)C1. The van der Waals surface area contributed by atoms with E-state index in [4.69, 9.17) is 4.74 Å². The Morgan fingerprint density at radius 3 is 3.12 bits per heavy atom. The first-order chi connectivity index (χ1) is 11.8. The van der Waals surface area contributed by atoms with Crippen molar-refractivity contribution in [2.45, 2.75) is 12.5 Å². The predicted octanol–water partition coefficient (Wildman–Crippen LogP) is 2.22. The molecule has 0 saturated carbocycles. The maximum Gasteiger partial charge on any atom is 0.274 e. The zero-order chi connectivity index (χ0) is 16.4. The number of H-pyrrole nitrogens is 1. The van der Waals surface area contributed by atoms with E-state index in [0.29, 0.717) is 24.7 Å². The molecule has 1 N–H and O–H groups in total. The third kappa shape index (κ3) is 3.00. The number of carbonyl (C=O) groups is 1. The summed E-state index contributed by atoms with van der Waals surface area (Å²) in [4.78, 5) is 15.4. The minimum Gasteiger partial charge on any atom is -0.471 e. The Kier molecular flexibility index (Phi) is 3.96. The van der Waals surface area contributed by atoms with E-state index < -0.39 is 0 Å². The molecule has 1 amide bonds. The van der Waals surface area contributed by atoms with Crippen LogP contribution in [0.5, 0.6) is 5.88 Å². The number of ether oxygens (including phenoxy) is 1. The van der Waals surface area contributed by atoms with Crippen molar-refractivity contribution in [1.82, 2.24) is 25.3 Å². The fourth-order valence-electron chi connectivity index (χ4n) is 2.68. The van der Waals surface area contributed by atoms with Crippen molar-refractivity contribution in [3.63, 3.8) is 0 Å². The summed E-state index contributed by atoms with van der Waals surface area (Å²) in [5.41, 5.74) is 1.29. The van der Waals surface area contributed by atoms with Crippen molar-refractivity contribution in [2.75, 3.05) is 13.1 Å². The molecule has 3 aromatic rings. The lowest BCUT2D eigenvalue weighted by Crippen LogP contribution is -2.31. The molecule has 0 spiro atoms. The van der Waals surface area contributed by atoms with Crippen LogP contribution in [0.25, 0.3) is 10.6 Å². The molecule has 1 saturated heterocycles. The molecule has 0 aromatic carbocycles. The van der Waals surface area contributed by atoms with Gasteiger partial charge >= 0.3 is 0 Å². The highest BCUT2D eigenvalue weighted by atomic mass is 32.1. The summed E-state index contributed by atoms with van der Waals surface area (Å²) in [5, 5.41) is 16.8. The summed E-state index contributed by atoms with van der Waals surface area (Å²) in [6.45, 7) is 1.17. The summed E-state index contributed by atoms with van der Waals surface area (Å²) in [5.74, 6) is 0.399. The maximum atomic E-state index is 12.6. The number of nitrogens with zero attached hydrogens (tertiary/aromatic N) is 4. The van der Waals surface area contributed by atoms with Crippen LogP contribution in [-0.4, -0.2) is 50.4 Å². The minimum atomic E-state index is -0.0840. The van der Waals surface area contributed by atoms with E-state index >= 15 is 0 Å². The normalized spacial score (nSPS) is 17.2. The molecule has 3 aromatic heterocycles. The molecule has 1 unspecified atom stereocenters. The topological polar surface area (TPSA) is 84.0 Å². The van der Waals surface area contributed by atoms with Crippen LogP contribution in [0.4, 0.5) is 0 Å². The summed E-state index contributed by atoms with van der Waals surface area (Å²) in [6.07, 6.45) is 2.30. The lowest BCUT2D eigenvalue weighted by molar-refractivity contribution is 0.0765. The Bertz CT molecular complexity index is 818. The molecule has 0 aliphatic carbocycles. The fourth-order valence-corrected chi connectivity index (χ4v) is 3.37. The second kappa shape index (κ2) is 6.40. The van der Waals surface area contributed by atoms with Gasteiger partial charge in [-0.3, -0.25) is 9.89 Å². The van der Waals surface area contributed by atoms with Crippen LogP contribution >= 0.6 is 11.3 Å². The van der Waals surface area contributed by atoms with E-state index in [9.17, 15) is 4.79 Å². The summed E-state index contributed by atoms with van der Waals surface area (Å²) >= 11 is 1.61. The summed E-state index contributed by atoms with van der Waals surface area (Å²) in [6, 6.07) is 9.30. The molecule has 1 fully saturated rings. The van der Waals surface area contributed by atoms with Crippen LogP contribution < -0.4 is 4.74 Å². The number of aromatic amines is 1. The molecule has 7 nitrogen and oxygen atoms in total. The summed E-state index contributed by atoms with van der Waals surface area (Å²) in [7, 11) is 0. The van der Waals surface area contributed by atoms with Gasteiger partial charge in [0.2, 0.25) is 5.88 Å². The highest BCUT2D eigenvalue weighted by molar-refractivity contribution is 7.13. The molecular formula is C16H15N5O2S. The Morgan fingerprint density at radius 2 is 2.33 bits per heavy atom. The number of hydrogen-bond donors (Lipinski definition) is 1. The molecule has 4 rings (SSSR count). The van der Waals surface area contributed by atoms with Gasteiger partial charge in [-0.25, -0.2) is 0 Å². The van der Waals surface area contributed by atoms with Crippen molar-refractivity contribution in [2.24, 2.45) is 0 Å². The summed E-state index contributed by atoms with van der Waals surface area (Å²) < 4.78 is 5.76. The average molecular weight is 341 g/mol. The van der Waals surface area contributed by atoms with Crippen molar-refractivity contribution < 1.29 is 9.53 Å². The fraction of sp³-hybridized carbons (Fsp3) is 0.250. The molecular weight excluding hydrogens is 326 g/mol. The number of carbonyl (C=O) groups excluding carboxylic acids is 1. The number of hydrogen-bond acceptors (Lipinski definition) is 6. The first-order valence-electron chi connectivity index (χ1n) is 7.62. The van der Waals surface area contributed by atoms with Gasteiger partial charge in [-0.1, -0.05) is 6.07 Å². The number of likely N-dealkylation sites (tertiary alicyclic amines) is 1. The van der Waals surface area contributed by atoms with Crippen LogP contribution in [-0.2, 0) is 0 Å². The Balaban J connectivity index is 1.41. The van der Waals surface area contributed by atoms with Crippen LogP contribution in [0.1, 0.15) is 16.9 Å². The van der Waals surface area contributed by atoms with E-state index in [1.807, 2.05) is 17.5 Å². The molecule has 0 radical (unpaired) electrons. The minimum absolute atomic E-state index is 0.0682. The first-order valence-corrected chi connectivity index (χ1v) is 8.50. The second-order valence-electron chi connectivity index (χ2n) is 5.49. The number of thiophene rings is 1. The van der Waals surface area contributed by atoms with Crippen LogP contribution in [0.2, 0.25) is 0 Å². The molecule has 8 heteroatoms. The third-order valence-corrected chi connectivity index (χ3v) is 4.75. The van der Waals surface area contributed by atoms with Crippen molar-refractivity contribution in [1.29, 1.82) is 0 Å². The van der Waals surface area contributed by atoms with Crippen molar-refractivity contribution in [3.05, 3.63) is 47.6 Å². The predicted molar refractivity (Wildman–Crippen MR) is 88.9 cm³/mol. The maximum absolute atomic E-state index is 12.6. The Hall–Kier alpha value is -2.74. The van der Waals surface area contributed by atoms with Gasteiger partial charge in [0.1, 0.15) is 6.10 Å². The van der Waals surface area contributed by atoms with E-state index in [-0.39, 0.29) is 12.0 Å². The molecule has 4 heterocycles. The van der Waals surface area contributed by atoms with Crippen LogP contribution in [0.15, 0.2) is 41.9 Å². The molecule has 24 heavy (non-hydrogen) atoms. The largest absolute Gasteiger partial charge is 0.471 e.